The van der Waals surface area contributed by atoms with Gasteiger partial charge in [0, 0.05) is 37.5 Å². The van der Waals surface area contributed by atoms with Crippen molar-refractivity contribution in [1.82, 2.24) is 0 Å². The van der Waals surface area contributed by atoms with Gasteiger partial charge >= 0.3 is 6.16 Å². The largest absolute Gasteiger partial charge is 0.508 e. The van der Waals surface area contributed by atoms with Crippen LogP contribution in [-0.4, -0.2) is 66.9 Å². The maximum absolute atomic E-state index is 12.7. The molecule has 0 aromatic rings. The summed E-state index contributed by atoms with van der Waals surface area (Å²) >= 11 is 0. The van der Waals surface area contributed by atoms with Crippen LogP contribution < -0.4 is 0 Å². The first-order valence-electron chi connectivity index (χ1n) is 18.2. The highest BCUT2D eigenvalue weighted by molar-refractivity contribution is 5.59. The van der Waals surface area contributed by atoms with Gasteiger partial charge in [0.25, 0.3) is 0 Å². The van der Waals surface area contributed by atoms with Crippen molar-refractivity contribution >= 4 is 6.16 Å². The first-order valence-corrected chi connectivity index (χ1v) is 18.2. The minimum absolute atomic E-state index is 0.122. The Bertz CT molecular complexity index is 1080. The van der Waals surface area contributed by atoms with Crippen LogP contribution in [0.25, 0.3) is 0 Å². The quantitative estimate of drug-likeness (QED) is 0.235. The highest BCUT2D eigenvalue weighted by Crippen LogP contribution is 2.62. The molecular weight excluding hydrogens is 596 g/mol. The van der Waals surface area contributed by atoms with Crippen LogP contribution in [0.2, 0.25) is 0 Å². The van der Waals surface area contributed by atoms with E-state index in [1.54, 1.807) is 0 Å². The number of carbonyl (C=O) groups is 1. The Balaban J connectivity index is 0.847. The summed E-state index contributed by atoms with van der Waals surface area (Å²) in [5.74, 6) is 0.982. The molecule has 2 aliphatic carbocycles. The third kappa shape index (κ3) is 4.84. The van der Waals surface area contributed by atoms with Gasteiger partial charge in [0.05, 0.1) is 25.4 Å². The van der Waals surface area contributed by atoms with E-state index < -0.39 is 41.5 Å². The van der Waals surface area contributed by atoms with Crippen molar-refractivity contribution in [2.75, 3.05) is 13.2 Å². The molecule has 4 bridgehead atoms. The molecule has 8 saturated heterocycles. The smallest absolute Gasteiger partial charge is 0.434 e. The van der Waals surface area contributed by atoms with Crippen LogP contribution in [0, 0.1) is 47.3 Å². The summed E-state index contributed by atoms with van der Waals surface area (Å²) in [6.45, 7) is 13.4. The minimum atomic E-state index is -0.805. The second-order valence-electron chi connectivity index (χ2n) is 16.4. The lowest BCUT2D eigenvalue weighted by atomic mass is 9.57. The molecule has 0 N–H and O–H groups in total. The Morgan fingerprint density at radius 2 is 1.04 bits per heavy atom. The van der Waals surface area contributed by atoms with Crippen LogP contribution >= 0.6 is 0 Å². The fourth-order valence-electron chi connectivity index (χ4n) is 11.2. The van der Waals surface area contributed by atoms with Gasteiger partial charge in [0.2, 0.25) is 11.6 Å². The van der Waals surface area contributed by atoms with Crippen LogP contribution in [0.4, 0.5) is 4.79 Å². The highest BCUT2D eigenvalue weighted by atomic mass is 17.3. The van der Waals surface area contributed by atoms with E-state index >= 15 is 0 Å². The Hall–Kier alpha value is -1.05. The van der Waals surface area contributed by atoms with E-state index in [1.165, 1.54) is 0 Å². The summed E-state index contributed by atoms with van der Waals surface area (Å²) in [4.78, 5) is 37.0. The molecule has 11 nitrogen and oxygen atoms in total. The lowest BCUT2D eigenvalue weighted by molar-refractivity contribution is -0.571. The van der Waals surface area contributed by atoms with Crippen molar-refractivity contribution < 1.29 is 52.8 Å². The highest BCUT2D eigenvalue weighted by Gasteiger charge is 2.70. The fraction of sp³-hybridized carbons (Fsp3) is 0.971. The molecule has 11 heteroatoms. The molecule has 8 heterocycles. The number of carbonyl (C=O) groups excluding carboxylic acids is 1. The van der Waals surface area contributed by atoms with E-state index in [0.29, 0.717) is 36.5 Å². The summed E-state index contributed by atoms with van der Waals surface area (Å²) in [6.07, 6.45) is 7.18. The molecule has 260 valence electrons. The number of hydrogen-bond donors (Lipinski definition) is 0. The number of fused-ring (bicyclic) bond motifs is 4. The molecule has 46 heavy (non-hydrogen) atoms. The predicted molar refractivity (Wildman–Crippen MR) is 160 cm³/mol. The topological polar surface area (TPSA) is 109 Å². The van der Waals surface area contributed by atoms with E-state index in [4.69, 9.17) is 48.0 Å². The molecule has 10 rings (SSSR count). The molecule has 2 spiro atoms. The zero-order chi connectivity index (χ0) is 32.1. The number of rotatable bonds is 6. The zero-order valence-electron chi connectivity index (χ0n) is 28.4. The van der Waals surface area contributed by atoms with Gasteiger partial charge in [-0.3, -0.25) is 0 Å². The second-order valence-corrected chi connectivity index (χ2v) is 16.4. The van der Waals surface area contributed by atoms with Crippen molar-refractivity contribution in [3.05, 3.63) is 0 Å². The van der Waals surface area contributed by atoms with Gasteiger partial charge in [-0.1, -0.05) is 27.7 Å². The molecule has 10 fully saturated rings. The molecule has 2 saturated carbocycles. The lowest BCUT2D eigenvalue weighted by Crippen LogP contribution is -2.70. The Morgan fingerprint density at radius 3 is 1.48 bits per heavy atom. The fourth-order valence-corrected chi connectivity index (χ4v) is 11.2. The first-order chi connectivity index (χ1) is 22.0. The second kappa shape index (κ2) is 11.5. The summed E-state index contributed by atoms with van der Waals surface area (Å²) in [5, 5.41) is 0. The zero-order valence-corrected chi connectivity index (χ0v) is 28.4. The first kappa shape index (κ1) is 32.2. The van der Waals surface area contributed by atoms with Gasteiger partial charge in [-0.15, -0.1) is 0 Å². The summed E-state index contributed by atoms with van der Waals surface area (Å²) in [6, 6.07) is 0. The third-order valence-electron chi connectivity index (χ3n) is 13.8. The van der Waals surface area contributed by atoms with Crippen LogP contribution in [0.15, 0.2) is 0 Å². The van der Waals surface area contributed by atoms with E-state index in [1.807, 2.05) is 13.8 Å². The minimum Gasteiger partial charge on any atom is -0.434 e. The van der Waals surface area contributed by atoms with Gasteiger partial charge in [-0.05, 0) is 87.9 Å². The summed E-state index contributed by atoms with van der Waals surface area (Å²) < 4.78 is 37.3. The van der Waals surface area contributed by atoms with Gasteiger partial charge in [0.1, 0.15) is 0 Å². The van der Waals surface area contributed by atoms with E-state index in [2.05, 4.69) is 27.7 Å². The SMILES string of the molecule is C[C@@H]1CCC2[C@@H](C)[C@@H](CCOC(=O)OCC[C@H]3O[C@@H]4O[C@]5(C)CCC6[C@H](C)CCC([C@H]3C)[C@]64OO5)O[C@@H]3O[C@]4(C)CCC1[C@@]23OO4. The maximum Gasteiger partial charge on any atom is 0.508 e. The Kier molecular flexibility index (Phi) is 8.05. The van der Waals surface area contributed by atoms with Gasteiger partial charge in [-0.2, -0.15) is 0 Å². The summed E-state index contributed by atoms with van der Waals surface area (Å²) in [5.41, 5.74) is -1.17. The predicted octanol–water partition coefficient (Wildman–Crippen LogP) is 6.42. The van der Waals surface area contributed by atoms with Gasteiger partial charge in [0.15, 0.2) is 23.8 Å². The molecule has 0 radical (unpaired) electrons. The van der Waals surface area contributed by atoms with Crippen LogP contribution in [0.3, 0.4) is 0 Å². The average molecular weight is 651 g/mol. The van der Waals surface area contributed by atoms with Crippen LogP contribution in [0.5, 0.6) is 0 Å². The Morgan fingerprint density at radius 1 is 0.609 bits per heavy atom. The van der Waals surface area contributed by atoms with Gasteiger partial charge in [-0.25, -0.2) is 24.3 Å². The molecule has 4 unspecified atom stereocenters. The maximum atomic E-state index is 12.7. The normalized spacial score (nSPS) is 55.4. The van der Waals surface area contributed by atoms with Gasteiger partial charge < -0.3 is 28.4 Å². The van der Waals surface area contributed by atoms with Crippen molar-refractivity contribution in [2.45, 2.75) is 153 Å². The number of ether oxygens (including phenoxy) is 6. The molecule has 0 amide bonds. The monoisotopic (exact) mass is 650 g/mol. The van der Waals surface area contributed by atoms with E-state index in [-0.39, 0.29) is 49.1 Å². The van der Waals surface area contributed by atoms with E-state index in [9.17, 15) is 4.79 Å². The van der Waals surface area contributed by atoms with E-state index in [0.717, 1.165) is 51.4 Å². The molecule has 8 aliphatic heterocycles. The lowest BCUT2D eigenvalue weighted by Gasteiger charge is -2.60. The van der Waals surface area contributed by atoms with Crippen molar-refractivity contribution in [3.63, 3.8) is 0 Å². The molecular formula is C35H54O11. The van der Waals surface area contributed by atoms with Crippen molar-refractivity contribution in [1.29, 1.82) is 0 Å². The number of hydrogen-bond acceptors (Lipinski definition) is 11. The molecule has 0 aromatic heterocycles. The average Bonchev–Trinajstić information content (AvgIpc) is 3.39. The van der Waals surface area contributed by atoms with Crippen LogP contribution in [0.1, 0.15) is 106 Å². The van der Waals surface area contributed by atoms with Crippen LogP contribution in [-0.2, 0) is 48.0 Å². The standard InChI is InChI=1S/C35H54O11/c1-19-7-9-25-21(3)27(39-29-34(25)23(19)11-15-32(5,41-29)43-45-34)13-17-37-31(36)38-18-14-28-22(4)26-10-8-20(2)24-12-16-33(6)42-30(40-28)35(24,26)46-44-33/h19-30H,7-18H2,1-6H3/t19-,20-,21-,22-,23?,24?,25?,26?,27-,28-,29-,30-,32+,33+,34-,35-/m1/s1. The van der Waals surface area contributed by atoms with Crippen molar-refractivity contribution in [3.8, 4) is 0 Å². The molecule has 10 aliphatic rings. The molecule has 16 atom stereocenters. The summed E-state index contributed by atoms with van der Waals surface area (Å²) in [7, 11) is 0. The third-order valence-corrected chi connectivity index (χ3v) is 13.8. The Labute approximate surface area is 272 Å². The molecule has 0 aromatic carbocycles. The van der Waals surface area contributed by atoms with Crippen molar-refractivity contribution in [2.24, 2.45) is 47.3 Å².